The summed E-state index contributed by atoms with van der Waals surface area (Å²) in [6.45, 7) is 2.10. The van der Waals surface area contributed by atoms with Crippen LogP contribution in [0, 0.1) is 0 Å². The molecule has 0 saturated carbocycles. The SMILES string of the molecule is CCOC(=O)Cc1cccnc1/C=N/O. The Bertz CT molecular complexity index is 363. The molecule has 1 N–H and O–H groups in total. The molecule has 0 atom stereocenters. The van der Waals surface area contributed by atoms with Gasteiger partial charge in [-0.3, -0.25) is 9.78 Å². The molecule has 15 heavy (non-hydrogen) atoms. The number of ether oxygens (including phenoxy) is 1. The predicted molar refractivity (Wildman–Crippen MR) is 54.0 cm³/mol. The fourth-order valence-electron chi connectivity index (χ4n) is 1.14. The highest BCUT2D eigenvalue weighted by atomic mass is 16.5. The number of hydrogen-bond donors (Lipinski definition) is 1. The lowest BCUT2D eigenvalue weighted by Crippen LogP contribution is -2.09. The lowest BCUT2D eigenvalue weighted by atomic mass is 10.1. The molecule has 5 nitrogen and oxygen atoms in total. The highest BCUT2D eigenvalue weighted by molar-refractivity contribution is 5.82. The van der Waals surface area contributed by atoms with Crippen molar-refractivity contribution in [1.29, 1.82) is 0 Å². The Balaban J connectivity index is 2.79. The van der Waals surface area contributed by atoms with Gasteiger partial charge in [0, 0.05) is 6.20 Å². The van der Waals surface area contributed by atoms with Crippen molar-refractivity contribution in [2.45, 2.75) is 13.3 Å². The summed E-state index contributed by atoms with van der Waals surface area (Å²) >= 11 is 0. The van der Waals surface area contributed by atoms with E-state index in [1.165, 1.54) is 6.21 Å². The van der Waals surface area contributed by atoms with Gasteiger partial charge in [-0.25, -0.2) is 0 Å². The van der Waals surface area contributed by atoms with E-state index < -0.39 is 0 Å². The van der Waals surface area contributed by atoms with Gasteiger partial charge in [-0.05, 0) is 18.6 Å². The number of carbonyl (C=O) groups excluding carboxylic acids is 1. The second-order valence-electron chi connectivity index (χ2n) is 2.77. The average molecular weight is 208 g/mol. The van der Waals surface area contributed by atoms with Crippen LogP contribution in [0.25, 0.3) is 0 Å². The Kier molecular flexibility index (Phi) is 4.28. The number of oxime groups is 1. The lowest BCUT2D eigenvalue weighted by molar-refractivity contribution is -0.142. The third kappa shape index (κ3) is 3.38. The third-order valence-electron chi connectivity index (χ3n) is 1.75. The number of pyridine rings is 1. The number of esters is 1. The van der Waals surface area contributed by atoms with Gasteiger partial charge in [-0.2, -0.15) is 0 Å². The minimum absolute atomic E-state index is 0.128. The standard InChI is InChI=1S/C10H12N2O3/c1-2-15-10(13)6-8-4-3-5-11-9(8)7-12-14/h3-5,7,14H,2,6H2,1H3/b12-7+. The third-order valence-corrected chi connectivity index (χ3v) is 1.75. The molecule has 0 aliphatic rings. The molecule has 80 valence electrons. The molecule has 0 unspecified atom stereocenters. The summed E-state index contributed by atoms with van der Waals surface area (Å²) in [5.41, 5.74) is 1.14. The van der Waals surface area contributed by atoms with E-state index in [4.69, 9.17) is 9.94 Å². The Morgan fingerprint density at radius 1 is 1.73 bits per heavy atom. The van der Waals surface area contributed by atoms with Crippen LogP contribution >= 0.6 is 0 Å². The van der Waals surface area contributed by atoms with Gasteiger partial charge < -0.3 is 9.94 Å². The highest BCUT2D eigenvalue weighted by Gasteiger charge is 2.07. The van der Waals surface area contributed by atoms with E-state index in [1.54, 1.807) is 25.3 Å². The maximum Gasteiger partial charge on any atom is 0.310 e. The Morgan fingerprint density at radius 3 is 3.20 bits per heavy atom. The van der Waals surface area contributed by atoms with Crippen molar-refractivity contribution in [3.05, 3.63) is 29.6 Å². The van der Waals surface area contributed by atoms with Crippen LogP contribution in [-0.2, 0) is 16.0 Å². The maximum atomic E-state index is 11.2. The first-order chi connectivity index (χ1) is 7.27. The largest absolute Gasteiger partial charge is 0.466 e. The van der Waals surface area contributed by atoms with Gasteiger partial charge in [-0.1, -0.05) is 11.2 Å². The van der Waals surface area contributed by atoms with Crippen molar-refractivity contribution in [2.24, 2.45) is 5.16 Å². The summed E-state index contributed by atoms with van der Waals surface area (Å²) in [6.07, 6.45) is 2.88. The van der Waals surface area contributed by atoms with Gasteiger partial charge >= 0.3 is 5.97 Å². The molecule has 0 bridgehead atoms. The van der Waals surface area contributed by atoms with E-state index in [0.717, 1.165) is 0 Å². The smallest absolute Gasteiger partial charge is 0.310 e. The molecule has 0 aromatic carbocycles. The van der Waals surface area contributed by atoms with E-state index in [1.807, 2.05) is 0 Å². The average Bonchev–Trinajstić information content (AvgIpc) is 2.21. The zero-order chi connectivity index (χ0) is 11.1. The lowest BCUT2D eigenvalue weighted by Gasteiger charge is -2.03. The van der Waals surface area contributed by atoms with E-state index in [2.05, 4.69) is 10.1 Å². The van der Waals surface area contributed by atoms with Crippen molar-refractivity contribution >= 4 is 12.2 Å². The van der Waals surface area contributed by atoms with Crippen LogP contribution < -0.4 is 0 Å². The minimum atomic E-state index is -0.321. The second-order valence-corrected chi connectivity index (χ2v) is 2.77. The van der Waals surface area contributed by atoms with Crippen molar-refractivity contribution < 1.29 is 14.7 Å². The number of carbonyl (C=O) groups is 1. The van der Waals surface area contributed by atoms with E-state index in [0.29, 0.717) is 17.9 Å². The summed E-state index contributed by atoms with van der Waals surface area (Å²) < 4.78 is 4.81. The van der Waals surface area contributed by atoms with Crippen molar-refractivity contribution in [3.63, 3.8) is 0 Å². The quantitative estimate of drug-likeness (QED) is 0.346. The van der Waals surface area contributed by atoms with Crippen LogP contribution in [0.1, 0.15) is 18.2 Å². The number of aromatic nitrogens is 1. The van der Waals surface area contributed by atoms with Crippen LogP contribution in [-0.4, -0.2) is 29.0 Å². The molecule has 1 aromatic rings. The first-order valence-corrected chi connectivity index (χ1v) is 4.55. The molecular formula is C10H12N2O3. The highest BCUT2D eigenvalue weighted by Crippen LogP contribution is 2.05. The first-order valence-electron chi connectivity index (χ1n) is 4.55. The van der Waals surface area contributed by atoms with Crippen LogP contribution in [0.15, 0.2) is 23.5 Å². The molecule has 0 aliphatic heterocycles. The topological polar surface area (TPSA) is 71.8 Å². The molecular weight excluding hydrogens is 196 g/mol. The van der Waals surface area contributed by atoms with E-state index in [9.17, 15) is 4.79 Å². The number of rotatable bonds is 4. The Hall–Kier alpha value is -1.91. The maximum absolute atomic E-state index is 11.2. The molecule has 1 aromatic heterocycles. The van der Waals surface area contributed by atoms with Gasteiger partial charge in [-0.15, -0.1) is 0 Å². The van der Waals surface area contributed by atoms with Crippen LogP contribution in [0.2, 0.25) is 0 Å². The van der Waals surface area contributed by atoms with Gasteiger partial charge in [0.1, 0.15) is 0 Å². The van der Waals surface area contributed by atoms with E-state index >= 15 is 0 Å². The molecule has 0 aliphatic carbocycles. The van der Waals surface area contributed by atoms with Crippen molar-refractivity contribution in [3.8, 4) is 0 Å². The Morgan fingerprint density at radius 2 is 2.53 bits per heavy atom. The summed E-state index contributed by atoms with van der Waals surface area (Å²) in [5, 5.41) is 11.3. The zero-order valence-corrected chi connectivity index (χ0v) is 8.38. The number of nitrogens with zero attached hydrogens (tertiary/aromatic N) is 2. The molecule has 0 fully saturated rings. The monoisotopic (exact) mass is 208 g/mol. The zero-order valence-electron chi connectivity index (χ0n) is 8.38. The summed E-state index contributed by atoms with van der Waals surface area (Å²) in [5.74, 6) is -0.321. The Labute approximate surface area is 87.4 Å². The first kappa shape index (κ1) is 11.2. The number of hydrogen-bond acceptors (Lipinski definition) is 5. The summed E-state index contributed by atoms with van der Waals surface area (Å²) in [4.78, 5) is 15.2. The van der Waals surface area contributed by atoms with Crippen LogP contribution in [0.4, 0.5) is 0 Å². The fourth-order valence-corrected chi connectivity index (χ4v) is 1.14. The molecule has 0 spiro atoms. The molecule has 1 heterocycles. The molecule has 0 radical (unpaired) electrons. The van der Waals surface area contributed by atoms with Gasteiger partial charge in [0.2, 0.25) is 0 Å². The second kappa shape index (κ2) is 5.74. The molecule has 0 saturated heterocycles. The van der Waals surface area contributed by atoms with Crippen LogP contribution in [0.3, 0.4) is 0 Å². The van der Waals surface area contributed by atoms with Crippen LogP contribution in [0.5, 0.6) is 0 Å². The normalized spacial score (nSPS) is 10.5. The van der Waals surface area contributed by atoms with Gasteiger partial charge in [0.15, 0.2) is 0 Å². The summed E-state index contributed by atoms with van der Waals surface area (Å²) in [6, 6.07) is 3.45. The van der Waals surface area contributed by atoms with Gasteiger partial charge in [0.25, 0.3) is 0 Å². The summed E-state index contributed by atoms with van der Waals surface area (Å²) in [7, 11) is 0. The van der Waals surface area contributed by atoms with E-state index in [-0.39, 0.29) is 12.4 Å². The predicted octanol–water partition coefficient (Wildman–Crippen LogP) is 0.995. The molecule has 1 rings (SSSR count). The van der Waals surface area contributed by atoms with Gasteiger partial charge in [0.05, 0.1) is 24.9 Å². The minimum Gasteiger partial charge on any atom is -0.466 e. The van der Waals surface area contributed by atoms with Crippen molar-refractivity contribution in [2.75, 3.05) is 6.61 Å². The molecule has 5 heteroatoms. The molecule has 0 amide bonds. The van der Waals surface area contributed by atoms with Crippen molar-refractivity contribution in [1.82, 2.24) is 4.98 Å². The fraction of sp³-hybridized carbons (Fsp3) is 0.300.